The molecule has 3 aromatic rings. The Morgan fingerprint density at radius 2 is 1.50 bits per heavy atom. The predicted molar refractivity (Wildman–Crippen MR) is 78.9 cm³/mol. The average Bonchev–Trinajstić information content (AvgIpc) is 2.89. The predicted octanol–water partition coefficient (Wildman–Crippen LogP) is 4.34. The maximum absolute atomic E-state index is 12.6. The van der Waals surface area contributed by atoms with Gasteiger partial charge in [-0.2, -0.15) is 13.2 Å². The first-order chi connectivity index (χ1) is 10.4. The Hall–Kier alpha value is -2.76. The minimum absolute atomic E-state index is 0.216. The molecule has 0 unspecified atom stereocenters. The number of alkyl halides is 3. The first-order valence-electron chi connectivity index (χ1n) is 6.53. The molecule has 3 rings (SSSR count). The Bertz CT molecular complexity index is 775. The maximum Gasteiger partial charge on any atom is 0.416 e. The molecule has 0 spiro atoms. The normalized spacial score (nSPS) is 11.6. The number of nitrogens with zero attached hydrogens (tertiary/aromatic N) is 1. The van der Waals surface area contributed by atoms with Gasteiger partial charge in [-0.3, -0.25) is 0 Å². The molecule has 3 nitrogen and oxygen atoms in total. The molecule has 0 aliphatic heterocycles. The van der Waals surface area contributed by atoms with Crippen molar-refractivity contribution in [3.05, 3.63) is 60.2 Å². The summed E-state index contributed by atoms with van der Waals surface area (Å²) in [5.74, 6) is 0.216. The largest absolute Gasteiger partial charge is 0.416 e. The monoisotopic (exact) mass is 303 g/mol. The van der Waals surface area contributed by atoms with Gasteiger partial charge in [0.05, 0.1) is 17.0 Å². The van der Waals surface area contributed by atoms with Crippen LogP contribution in [0.5, 0.6) is 0 Å². The third-order valence-electron chi connectivity index (χ3n) is 3.27. The number of hydrogen-bond donors (Lipinski definition) is 2. The zero-order chi connectivity index (χ0) is 15.7. The van der Waals surface area contributed by atoms with Crippen molar-refractivity contribution in [2.24, 2.45) is 0 Å². The molecule has 1 heterocycles. The number of benzene rings is 2. The highest BCUT2D eigenvalue weighted by Gasteiger charge is 2.30. The minimum atomic E-state index is -4.35. The standard InChI is InChI=1S/C16H12F3N3/c17-16(18,19)12-8-6-11(7-9-12)14-13(21-15(20)22-14)10-4-2-1-3-5-10/h1-9H,(H3,20,21,22). The first-order valence-corrected chi connectivity index (χ1v) is 6.53. The van der Waals surface area contributed by atoms with Crippen molar-refractivity contribution in [2.45, 2.75) is 6.18 Å². The summed E-state index contributed by atoms with van der Waals surface area (Å²) < 4.78 is 37.9. The summed E-state index contributed by atoms with van der Waals surface area (Å²) in [6.45, 7) is 0. The van der Waals surface area contributed by atoms with E-state index in [9.17, 15) is 13.2 Å². The Labute approximate surface area is 124 Å². The van der Waals surface area contributed by atoms with E-state index in [0.29, 0.717) is 17.0 Å². The number of halogens is 3. The molecule has 112 valence electrons. The number of rotatable bonds is 2. The van der Waals surface area contributed by atoms with Crippen LogP contribution in [0.15, 0.2) is 54.6 Å². The van der Waals surface area contributed by atoms with Crippen LogP contribution in [0.1, 0.15) is 5.56 Å². The van der Waals surface area contributed by atoms with Gasteiger partial charge in [-0.25, -0.2) is 4.98 Å². The SMILES string of the molecule is Nc1nc(-c2ccccc2)c(-c2ccc(C(F)(F)F)cc2)[nH]1. The van der Waals surface area contributed by atoms with Crippen LogP contribution in [0, 0.1) is 0 Å². The highest BCUT2D eigenvalue weighted by molar-refractivity contribution is 5.79. The second kappa shape index (κ2) is 5.22. The maximum atomic E-state index is 12.6. The van der Waals surface area contributed by atoms with E-state index in [4.69, 9.17) is 5.73 Å². The number of nitrogens with one attached hydrogen (secondary N) is 1. The van der Waals surface area contributed by atoms with Gasteiger partial charge in [0.2, 0.25) is 0 Å². The summed E-state index contributed by atoms with van der Waals surface area (Å²) in [5, 5.41) is 0. The molecule has 0 amide bonds. The van der Waals surface area contributed by atoms with Crippen LogP contribution >= 0.6 is 0 Å². The minimum Gasteiger partial charge on any atom is -0.369 e. The molecular weight excluding hydrogens is 291 g/mol. The van der Waals surface area contributed by atoms with Crippen LogP contribution in [0.3, 0.4) is 0 Å². The van der Waals surface area contributed by atoms with E-state index in [1.807, 2.05) is 30.3 Å². The van der Waals surface area contributed by atoms with Crippen molar-refractivity contribution >= 4 is 5.95 Å². The van der Waals surface area contributed by atoms with Crippen LogP contribution in [-0.4, -0.2) is 9.97 Å². The van der Waals surface area contributed by atoms with Crippen molar-refractivity contribution in [1.82, 2.24) is 9.97 Å². The zero-order valence-corrected chi connectivity index (χ0v) is 11.4. The van der Waals surface area contributed by atoms with Crippen LogP contribution in [0.4, 0.5) is 19.1 Å². The Morgan fingerprint density at radius 1 is 0.864 bits per heavy atom. The molecule has 22 heavy (non-hydrogen) atoms. The molecule has 0 fully saturated rings. The number of aromatic amines is 1. The molecular formula is C16H12F3N3. The molecule has 0 radical (unpaired) electrons. The van der Waals surface area contributed by atoms with E-state index in [1.54, 1.807) is 0 Å². The Balaban J connectivity index is 2.06. The summed E-state index contributed by atoms with van der Waals surface area (Å²) in [4.78, 5) is 7.13. The van der Waals surface area contributed by atoms with Crippen molar-refractivity contribution in [3.63, 3.8) is 0 Å². The zero-order valence-electron chi connectivity index (χ0n) is 11.4. The van der Waals surface area contributed by atoms with Crippen molar-refractivity contribution < 1.29 is 13.2 Å². The van der Waals surface area contributed by atoms with Gasteiger partial charge in [-0.15, -0.1) is 0 Å². The van der Waals surface area contributed by atoms with Gasteiger partial charge in [-0.1, -0.05) is 42.5 Å². The van der Waals surface area contributed by atoms with Gasteiger partial charge >= 0.3 is 6.18 Å². The summed E-state index contributed by atoms with van der Waals surface area (Å²) >= 11 is 0. The van der Waals surface area contributed by atoms with E-state index < -0.39 is 11.7 Å². The summed E-state index contributed by atoms with van der Waals surface area (Å²) in [6.07, 6.45) is -4.35. The molecule has 0 saturated carbocycles. The molecule has 6 heteroatoms. The molecule has 3 N–H and O–H groups in total. The Morgan fingerprint density at radius 3 is 2.09 bits per heavy atom. The number of imidazole rings is 1. The van der Waals surface area contributed by atoms with E-state index >= 15 is 0 Å². The topological polar surface area (TPSA) is 54.7 Å². The van der Waals surface area contributed by atoms with Gasteiger partial charge in [0.15, 0.2) is 5.95 Å². The first kappa shape index (κ1) is 14.2. The lowest BCUT2D eigenvalue weighted by Gasteiger charge is -2.08. The van der Waals surface area contributed by atoms with Crippen LogP contribution < -0.4 is 5.73 Å². The lowest BCUT2D eigenvalue weighted by Crippen LogP contribution is -2.04. The van der Waals surface area contributed by atoms with Gasteiger partial charge in [0.25, 0.3) is 0 Å². The van der Waals surface area contributed by atoms with E-state index in [-0.39, 0.29) is 5.95 Å². The number of nitrogens with two attached hydrogens (primary N) is 1. The molecule has 1 aromatic heterocycles. The highest BCUT2D eigenvalue weighted by Crippen LogP contribution is 2.34. The fraction of sp³-hybridized carbons (Fsp3) is 0.0625. The lowest BCUT2D eigenvalue weighted by molar-refractivity contribution is -0.137. The van der Waals surface area contributed by atoms with Gasteiger partial charge in [0.1, 0.15) is 0 Å². The van der Waals surface area contributed by atoms with Gasteiger partial charge in [-0.05, 0) is 12.1 Å². The summed E-state index contributed by atoms with van der Waals surface area (Å²) in [5.41, 5.74) is 7.65. The van der Waals surface area contributed by atoms with Gasteiger partial charge < -0.3 is 10.7 Å². The molecule has 2 aromatic carbocycles. The number of hydrogen-bond acceptors (Lipinski definition) is 2. The second-order valence-corrected chi connectivity index (χ2v) is 4.79. The fourth-order valence-corrected chi connectivity index (χ4v) is 2.23. The van der Waals surface area contributed by atoms with E-state index in [2.05, 4.69) is 9.97 Å². The number of H-pyrrole nitrogens is 1. The smallest absolute Gasteiger partial charge is 0.369 e. The van der Waals surface area contributed by atoms with Crippen molar-refractivity contribution in [1.29, 1.82) is 0 Å². The Kier molecular flexibility index (Phi) is 3.36. The fourth-order valence-electron chi connectivity index (χ4n) is 2.23. The van der Waals surface area contributed by atoms with Crippen LogP contribution in [0.25, 0.3) is 22.5 Å². The average molecular weight is 303 g/mol. The molecule has 0 saturated heterocycles. The summed E-state index contributed by atoms with van der Waals surface area (Å²) in [7, 11) is 0. The second-order valence-electron chi connectivity index (χ2n) is 4.79. The lowest BCUT2D eigenvalue weighted by atomic mass is 10.0. The van der Waals surface area contributed by atoms with Crippen molar-refractivity contribution in [3.8, 4) is 22.5 Å². The van der Waals surface area contributed by atoms with E-state index in [1.165, 1.54) is 12.1 Å². The molecule has 0 atom stereocenters. The molecule has 0 aliphatic rings. The molecule has 0 bridgehead atoms. The quantitative estimate of drug-likeness (QED) is 0.739. The number of anilines is 1. The van der Waals surface area contributed by atoms with Gasteiger partial charge in [0, 0.05) is 11.1 Å². The van der Waals surface area contributed by atoms with E-state index in [0.717, 1.165) is 17.7 Å². The van der Waals surface area contributed by atoms with Crippen molar-refractivity contribution in [2.75, 3.05) is 5.73 Å². The van der Waals surface area contributed by atoms with Crippen LogP contribution in [-0.2, 0) is 6.18 Å². The molecule has 0 aliphatic carbocycles. The number of nitrogen functional groups attached to an aromatic ring is 1. The third kappa shape index (κ3) is 2.67. The highest BCUT2D eigenvalue weighted by atomic mass is 19.4. The summed E-state index contributed by atoms with van der Waals surface area (Å²) in [6, 6.07) is 14.2. The number of aromatic nitrogens is 2. The third-order valence-corrected chi connectivity index (χ3v) is 3.27. The van der Waals surface area contributed by atoms with Crippen LogP contribution in [0.2, 0.25) is 0 Å².